The van der Waals surface area contributed by atoms with Crippen LogP contribution in [0.1, 0.15) is 44.4 Å². The molecule has 1 aliphatic carbocycles. The molecule has 1 atom stereocenters. The molecule has 0 bridgehead atoms. The zero-order valence-electron chi connectivity index (χ0n) is 19.4. The molecule has 1 heteroatoms. The van der Waals surface area contributed by atoms with Gasteiger partial charge in [-0.2, -0.15) is 85.0 Å². The van der Waals surface area contributed by atoms with Crippen LogP contribution in [0.25, 0.3) is 0 Å². The summed E-state index contributed by atoms with van der Waals surface area (Å²) >= 11 is 0. The van der Waals surface area contributed by atoms with Crippen LogP contribution in [0.3, 0.4) is 0 Å². The number of allylic oxidation sites excluding steroid dienone is 4. The van der Waals surface area contributed by atoms with Crippen LogP contribution in [0.15, 0.2) is 108 Å². The summed E-state index contributed by atoms with van der Waals surface area (Å²) in [6.07, 6.45) is 3.36. The Morgan fingerprint density at radius 2 is 0.871 bits per heavy atom. The second-order valence-corrected chi connectivity index (χ2v) is 7.26. The first-order chi connectivity index (χ1) is 14.3. The molecule has 1 unspecified atom stereocenters. The molecule has 0 N–H and O–H groups in total. The van der Waals surface area contributed by atoms with E-state index in [9.17, 15) is 0 Å². The van der Waals surface area contributed by atoms with Gasteiger partial charge in [0, 0.05) is 0 Å². The van der Waals surface area contributed by atoms with Crippen LogP contribution in [0.4, 0.5) is 0 Å². The molecule has 1 aliphatic rings. The van der Waals surface area contributed by atoms with Gasteiger partial charge in [0.15, 0.2) is 0 Å². The molecule has 0 amide bonds. The van der Waals surface area contributed by atoms with Gasteiger partial charge >= 0.3 is 26.2 Å². The van der Waals surface area contributed by atoms with E-state index >= 15 is 0 Å². The third-order valence-electron chi connectivity index (χ3n) is 4.77. The van der Waals surface area contributed by atoms with Gasteiger partial charge in [0.1, 0.15) is 0 Å². The Balaban J connectivity index is 0.000000385. The van der Waals surface area contributed by atoms with E-state index in [0.29, 0.717) is 5.92 Å². The van der Waals surface area contributed by atoms with Crippen LogP contribution in [0.5, 0.6) is 0 Å². The summed E-state index contributed by atoms with van der Waals surface area (Å²) < 4.78 is 0. The Morgan fingerprint density at radius 3 is 0.968 bits per heavy atom. The maximum atomic E-state index is 3.72. The van der Waals surface area contributed by atoms with Gasteiger partial charge in [-0.15, -0.1) is 43.3 Å². The van der Waals surface area contributed by atoms with Crippen LogP contribution in [-0.4, -0.2) is 0 Å². The molecule has 0 spiro atoms. The largest absolute Gasteiger partial charge is 4.00 e. The van der Waals surface area contributed by atoms with Gasteiger partial charge < -0.3 is 0 Å². The van der Waals surface area contributed by atoms with Crippen molar-refractivity contribution in [3.63, 3.8) is 0 Å². The third-order valence-corrected chi connectivity index (χ3v) is 4.77. The quantitative estimate of drug-likeness (QED) is 0.281. The molecule has 31 heavy (non-hydrogen) atoms. The number of hydrogen-bond donors (Lipinski definition) is 0. The van der Waals surface area contributed by atoms with Crippen molar-refractivity contribution in [1.82, 2.24) is 0 Å². The molecule has 0 saturated carbocycles. The van der Waals surface area contributed by atoms with E-state index in [4.69, 9.17) is 0 Å². The normalized spacial score (nSPS) is 13.7. The van der Waals surface area contributed by atoms with E-state index in [2.05, 4.69) is 54.5 Å². The maximum Gasteiger partial charge on any atom is 4.00 e. The summed E-state index contributed by atoms with van der Waals surface area (Å²) in [5.74, 6) is 0.560. The van der Waals surface area contributed by atoms with E-state index in [-0.39, 0.29) is 26.2 Å². The van der Waals surface area contributed by atoms with Gasteiger partial charge in [-0.05, 0) is 0 Å². The van der Waals surface area contributed by atoms with Crippen molar-refractivity contribution in [2.75, 3.05) is 0 Å². The topological polar surface area (TPSA) is 0 Å². The Kier molecular flexibility index (Phi) is 15.1. The molecule has 0 nitrogen and oxygen atoms in total. The van der Waals surface area contributed by atoms with Gasteiger partial charge in [-0.25, -0.2) is 5.57 Å². The molecule has 158 valence electrons. The fraction of sp³-hybridized carbons (Fsp3) is 0.167. The van der Waals surface area contributed by atoms with Crippen molar-refractivity contribution in [3.8, 4) is 0 Å². The van der Waals surface area contributed by atoms with E-state index < -0.39 is 0 Å². The second-order valence-electron chi connectivity index (χ2n) is 7.26. The van der Waals surface area contributed by atoms with Crippen molar-refractivity contribution in [1.29, 1.82) is 0 Å². The first-order valence-corrected chi connectivity index (χ1v) is 10.2. The van der Waals surface area contributed by atoms with Crippen molar-refractivity contribution in [3.05, 3.63) is 151 Å². The van der Waals surface area contributed by atoms with Crippen molar-refractivity contribution in [2.24, 2.45) is 5.92 Å². The maximum absolute atomic E-state index is 3.72. The fourth-order valence-corrected chi connectivity index (χ4v) is 2.60. The van der Waals surface area contributed by atoms with Crippen LogP contribution in [0, 0.1) is 32.8 Å². The Hall–Kier alpha value is -2.37. The monoisotopic (exact) mass is 484 g/mol. The van der Waals surface area contributed by atoms with Gasteiger partial charge in [0.05, 0.1) is 0 Å². The summed E-state index contributed by atoms with van der Waals surface area (Å²) in [4.78, 5) is 0. The molecule has 4 rings (SSSR count). The fourth-order valence-electron chi connectivity index (χ4n) is 2.60. The summed E-state index contributed by atoms with van der Waals surface area (Å²) in [6, 6.07) is 29.6. The molecule has 0 aliphatic heterocycles. The predicted molar refractivity (Wildman–Crippen MR) is 133 cm³/mol. The van der Waals surface area contributed by atoms with Crippen LogP contribution >= 0.6 is 0 Å². The Morgan fingerprint density at radius 1 is 0.581 bits per heavy atom. The first kappa shape index (κ1) is 28.6. The second kappa shape index (κ2) is 16.3. The predicted octanol–water partition coefficient (Wildman–Crippen LogP) is 8.33. The number of hydrogen-bond acceptors (Lipinski definition) is 0. The molecular formula is C30H34Zr. The molecule has 3 aromatic carbocycles. The molecule has 3 aromatic rings. The minimum Gasteiger partial charge on any atom is -0.266 e. The average Bonchev–Trinajstić information content (AvgIpc) is 2.97. The molecule has 0 aromatic heterocycles. The smallest absolute Gasteiger partial charge is 0.266 e. The third kappa shape index (κ3) is 12.8. The first-order valence-electron chi connectivity index (χ1n) is 10.2. The van der Waals surface area contributed by atoms with Gasteiger partial charge in [-0.3, -0.25) is 6.08 Å². The SMILES string of the molecule is CC1=[C-]C(C)C(C)=C1C.[CH2-]c1ccccc1.[CH2-]c1ccccc1.[CH2-]c1ccccc1.[Zr+4]. The Labute approximate surface area is 210 Å². The minimum absolute atomic E-state index is 0. The van der Waals surface area contributed by atoms with E-state index in [0.717, 1.165) is 16.7 Å². The minimum atomic E-state index is 0. The van der Waals surface area contributed by atoms with E-state index in [1.807, 2.05) is 91.0 Å². The van der Waals surface area contributed by atoms with Crippen molar-refractivity contribution in [2.45, 2.75) is 27.7 Å². The Bertz CT molecular complexity index is 802. The van der Waals surface area contributed by atoms with Gasteiger partial charge in [0.25, 0.3) is 0 Å². The zero-order valence-corrected chi connectivity index (χ0v) is 21.8. The van der Waals surface area contributed by atoms with Gasteiger partial charge in [0.2, 0.25) is 0 Å². The summed E-state index contributed by atoms with van der Waals surface area (Å²) in [6.45, 7) is 19.8. The number of rotatable bonds is 0. The molecule has 0 saturated heterocycles. The summed E-state index contributed by atoms with van der Waals surface area (Å²) in [5.41, 5.74) is 7.46. The van der Waals surface area contributed by atoms with Crippen molar-refractivity contribution >= 4 is 0 Å². The average molecular weight is 486 g/mol. The standard InChI is InChI=1S/C9H13.3C7H7.Zr/c1-6-5-7(2)9(4)8(6)3;3*1-7-5-3-2-4-6-7;/h6H,1-4H3;3*2-6H,1H2;/q4*-1;+4. The zero-order chi connectivity index (χ0) is 22.4. The van der Waals surface area contributed by atoms with Crippen LogP contribution in [0.2, 0.25) is 0 Å². The summed E-state index contributed by atoms with van der Waals surface area (Å²) in [7, 11) is 0. The van der Waals surface area contributed by atoms with Gasteiger partial charge in [-0.1, -0.05) is 44.9 Å². The molecular weight excluding hydrogens is 452 g/mol. The van der Waals surface area contributed by atoms with E-state index in [1.54, 1.807) is 0 Å². The number of benzene rings is 3. The van der Waals surface area contributed by atoms with Crippen LogP contribution in [-0.2, 0) is 26.2 Å². The summed E-state index contributed by atoms with van der Waals surface area (Å²) in [5, 5.41) is 0. The molecule has 0 radical (unpaired) electrons. The molecule has 0 heterocycles. The van der Waals surface area contributed by atoms with Crippen LogP contribution < -0.4 is 0 Å². The van der Waals surface area contributed by atoms with E-state index in [1.165, 1.54) is 16.7 Å². The molecule has 0 fully saturated rings. The van der Waals surface area contributed by atoms with Crippen molar-refractivity contribution < 1.29 is 26.2 Å².